The minimum absolute atomic E-state index is 0.126. The van der Waals surface area contributed by atoms with Crippen molar-refractivity contribution in [2.45, 2.75) is 49.6 Å². The molecule has 0 radical (unpaired) electrons. The average molecular weight is 977 g/mol. The molecule has 0 spiro atoms. The molecular weight excluding hydrogens is 921 g/mol. The van der Waals surface area contributed by atoms with E-state index in [1.165, 1.54) is 29.7 Å². The smallest absolute Gasteiger partial charge is 0.251 e. The molecule has 3 aliphatic rings. The standard InChI is InChI=1S/C30H29N7O.C30H27N5O/c31-30(12-2-13-30)23-5-7-24(8-6-23)37-28(22-11-14-32-33-20-22)35-27-10-9-26(34-29(27)37)21-3-1-4-25(19-21)36-15-17-38-18-16-36;1-32-29(36)22-10-5-9-21(19-22)25-15-16-26-28(33-25)35(27(34-26)20-7-3-2-4-8-20)24-13-11-23(12-14-24)30(31)17-6-18-30/h1,3-11,14,19-20H,2,12-13,15-18,31H2;2-5,7-16,19H,6,17-18,31H2,1H3,(H,32,36). The van der Waals surface area contributed by atoms with E-state index in [1.807, 2.05) is 66.7 Å². The van der Waals surface area contributed by atoms with Crippen LogP contribution in [0.1, 0.15) is 60.0 Å². The quantitative estimate of drug-likeness (QED) is 0.119. The Kier molecular flexibility index (Phi) is 12.3. The largest absolute Gasteiger partial charge is 0.378 e. The molecule has 6 heterocycles. The number of amides is 1. The van der Waals surface area contributed by atoms with Crippen LogP contribution in [0.15, 0.2) is 170 Å². The number of pyridine rings is 2. The molecule has 10 aromatic rings. The Labute approximate surface area is 429 Å². The number of rotatable bonds is 10. The minimum atomic E-state index is -0.209. The van der Waals surface area contributed by atoms with Gasteiger partial charge in [0.2, 0.25) is 0 Å². The molecule has 1 saturated heterocycles. The molecule has 0 atom stereocenters. The summed E-state index contributed by atoms with van der Waals surface area (Å²) in [5, 5.41) is 10.7. The summed E-state index contributed by atoms with van der Waals surface area (Å²) < 4.78 is 9.74. The van der Waals surface area contributed by atoms with E-state index in [1.54, 1.807) is 25.5 Å². The maximum atomic E-state index is 12.2. The second-order valence-electron chi connectivity index (χ2n) is 19.5. The van der Waals surface area contributed by atoms with Crippen molar-refractivity contribution in [1.29, 1.82) is 0 Å². The van der Waals surface area contributed by atoms with E-state index >= 15 is 0 Å². The predicted molar refractivity (Wildman–Crippen MR) is 291 cm³/mol. The number of imidazole rings is 2. The maximum absolute atomic E-state index is 12.2. The first-order valence-electron chi connectivity index (χ1n) is 25.4. The Bertz CT molecular complexity index is 3640. The van der Waals surface area contributed by atoms with Gasteiger partial charge < -0.3 is 26.4 Å². The summed E-state index contributed by atoms with van der Waals surface area (Å²) in [4.78, 5) is 34.7. The first-order valence-corrected chi connectivity index (χ1v) is 25.4. The van der Waals surface area contributed by atoms with Gasteiger partial charge in [-0.2, -0.15) is 10.2 Å². The molecule has 2 aliphatic carbocycles. The second-order valence-corrected chi connectivity index (χ2v) is 19.5. The number of nitrogens with one attached hydrogen (secondary N) is 1. The SMILES string of the molecule is CNC(=O)c1cccc(-c2ccc3nc(-c4ccccc4)n(-c4ccc(C5(N)CCC5)cc4)c3n2)c1.NC1(c2ccc(-n3c(-c4ccnnc4)nc4ccc(-c5cccc(N6CCOCC6)c5)nc43)cc2)CCC1. The van der Waals surface area contributed by atoms with Crippen LogP contribution in [-0.2, 0) is 15.8 Å². The summed E-state index contributed by atoms with van der Waals surface area (Å²) in [6.45, 7) is 3.30. The molecule has 5 aromatic heterocycles. The van der Waals surface area contributed by atoms with Gasteiger partial charge in [0.25, 0.3) is 5.91 Å². The number of hydrogen-bond acceptors (Lipinski definition) is 11. The lowest BCUT2D eigenvalue weighted by Crippen LogP contribution is -2.43. The number of fused-ring (bicyclic) bond motifs is 2. The van der Waals surface area contributed by atoms with Crippen LogP contribution < -0.4 is 21.7 Å². The Balaban J connectivity index is 0.000000150. The van der Waals surface area contributed by atoms with Gasteiger partial charge in [0.05, 0.1) is 37.0 Å². The zero-order valence-corrected chi connectivity index (χ0v) is 41.2. The number of morpholine rings is 1. The van der Waals surface area contributed by atoms with Crippen molar-refractivity contribution in [2.75, 3.05) is 38.3 Å². The van der Waals surface area contributed by atoms with E-state index in [4.69, 9.17) is 36.1 Å². The zero-order valence-electron chi connectivity index (χ0n) is 41.2. The highest BCUT2D eigenvalue weighted by Gasteiger charge is 2.35. The third-order valence-corrected chi connectivity index (χ3v) is 14.9. The number of nitrogens with zero attached hydrogens (tertiary/aromatic N) is 9. The highest BCUT2D eigenvalue weighted by Crippen LogP contribution is 2.41. The molecule has 5 N–H and O–H groups in total. The fraction of sp³-hybridized carbons (Fsp3) is 0.217. The van der Waals surface area contributed by atoms with Crippen LogP contribution in [0.3, 0.4) is 0 Å². The van der Waals surface area contributed by atoms with Crippen LogP contribution >= 0.6 is 0 Å². The van der Waals surface area contributed by atoms with Crippen LogP contribution in [0.4, 0.5) is 5.69 Å². The molecule has 74 heavy (non-hydrogen) atoms. The van der Waals surface area contributed by atoms with E-state index in [0.29, 0.717) is 5.56 Å². The number of carbonyl (C=O) groups is 1. The Morgan fingerprint density at radius 1 is 0.541 bits per heavy atom. The lowest BCUT2D eigenvalue weighted by molar-refractivity contribution is 0.0963. The van der Waals surface area contributed by atoms with Crippen LogP contribution in [0, 0.1) is 0 Å². The third kappa shape index (κ3) is 8.86. The predicted octanol–water partition coefficient (Wildman–Crippen LogP) is 10.2. The number of hydrogen-bond donors (Lipinski definition) is 3. The summed E-state index contributed by atoms with van der Waals surface area (Å²) in [5.74, 6) is 1.48. The monoisotopic (exact) mass is 976 g/mol. The summed E-state index contributed by atoms with van der Waals surface area (Å²) in [7, 11) is 1.63. The van der Waals surface area contributed by atoms with Crippen LogP contribution in [-0.4, -0.2) is 78.5 Å². The lowest BCUT2D eigenvalue weighted by atomic mass is 9.73. The van der Waals surface area contributed by atoms with Gasteiger partial charge in [0.1, 0.15) is 22.7 Å². The van der Waals surface area contributed by atoms with Crippen molar-refractivity contribution in [2.24, 2.45) is 11.5 Å². The van der Waals surface area contributed by atoms with E-state index in [-0.39, 0.29) is 17.0 Å². The molecular formula is C60H56N12O2. The Morgan fingerprint density at radius 2 is 1.08 bits per heavy atom. The molecule has 0 bridgehead atoms. The normalized spacial score (nSPS) is 15.7. The van der Waals surface area contributed by atoms with Crippen molar-refractivity contribution in [3.05, 3.63) is 187 Å². The average Bonchev–Trinajstić information content (AvgIpc) is 4.04. The van der Waals surface area contributed by atoms with Crippen LogP contribution in [0.5, 0.6) is 0 Å². The molecule has 14 heteroatoms. The van der Waals surface area contributed by atoms with Gasteiger partial charge in [-0.1, -0.05) is 78.9 Å². The fourth-order valence-corrected chi connectivity index (χ4v) is 10.3. The minimum Gasteiger partial charge on any atom is -0.378 e. The van der Waals surface area contributed by atoms with Crippen LogP contribution in [0.25, 0.3) is 79.0 Å². The molecule has 14 nitrogen and oxygen atoms in total. The number of ether oxygens (including phenoxy) is 1. The number of benzene rings is 5. The lowest BCUT2D eigenvalue weighted by Gasteiger charge is -2.38. The van der Waals surface area contributed by atoms with Crippen molar-refractivity contribution in [1.82, 2.24) is 44.6 Å². The summed E-state index contributed by atoms with van der Waals surface area (Å²) in [6, 6.07) is 53.2. The molecule has 1 aliphatic heterocycles. The van der Waals surface area contributed by atoms with Crippen molar-refractivity contribution in [3.63, 3.8) is 0 Å². The van der Waals surface area contributed by atoms with Crippen molar-refractivity contribution >= 4 is 33.9 Å². The summed E-state index contributed by atoms with van der Waals surface area (Å²) in [6.07, 6.45) is 9.89. The van der Waals surface area contributed by atoms with Gasteiger partial charge >= 0.3 is 0 Å². The fourth-order valence-electron chi connectivity index (χ4n) is 10.3. The van der Waals surface area contributed by atoms with E-state index in [0.717, 1.165) is 131 Å². The Morgan fingerprint density at radius 3 is 1.61 bits per heavy atom. The van der Waals surface area contributed by atoms with Gasteiger partial charge in [0, 0.05) is 76.1 Å². The highest BCUT2D eigenvalue weighted by atomic mass is 16.5. The molecule has 1 amide bonds. The van der Waals surface area contributed by atoms with E-state index in [2.05, 4.69) is 114 Å². The third-order valence-electron chi connectivity index (χ3n) is 14.9. The number of anilines is 1. The summed E-state index contributed by atoms with van der Waals surface area (Å²) >= 11 is 0. The molecule has 3 fully saturated rings. The first kappa shape index (κ1) is 46.6. The van der Waals surface area contributed by atoms with Gasteiger partial charge in [0.15, 0.2) is 11.3 Å². The molecule has 368 valence electrons. The molecule has 13 rings (SSSR count). The van der Waals surface area contributed by atoms with Gasteiger partial charge in [-0.25, -0.2) is 19.9 Å². The number of carbonyl (C=O) groups excluding carboxylic acids is 1. The maximum Gasteiger partial charge on any atom is 0.251 e. The number of aromatic nitrogens is 8. The van der Waals surface area contributed by atoms with Crippen molar-refractivity contribution in [3.8, 4) is 56.7 Å². The first-order chi connectivity index (χ1) is 36.2. The van der Waals surface area contributed by atoms with Gasteiger partial charge in [-0.3, -0.25) is 13.9 Å². The topological polar surface area (TPSA) is 181 Å². The highest BCUT2D eigenvalue weighted by molar-refractivity contribution is 5.95. The number of nitrogens with two attached hydrogens (primary N) is 2. The molecule has 5 aromatic carbocycles. The van der Waals surface area contributed by atoms with E-state index < -0.39 is 0 Å². The van der Waals surface area contributed by atoms with Crippen LogP contribution in [0.2, 0.25) is 0 Å². The molecule has 2 saturated carbocycles. The summed E-state index contributed by atoms with van der Waals surface area (Å²) in [5.41, 5.74) is 27.5. The van der Waals surface area contributed by atoms with Gasteiger partial charge in [-0.05, 0) is 129 Å². The van der Waals surface area contributed by atoms with Crippen molar-refractivity contribution < 1.29 is 9.53 Å². The van der Waals surface area contributed by atoms with E-state index in [9.17, 15) is 4.79 Å². The second kappa shape index (κ2) is 19.5. The Hall–Kier alpha value is -8.43. The van der Waals surface area contributed by atoms with Gasteiger partial charge in [-0.15, -0.1) is 0 Å². The zero-order chi connectivity index (χ0) is 50.2. The molecule has 0 unspecified atom stereocenters.